The topological polar surface area (TPSA) is 15.3 Å². The summed E-state index contributed by atoms with van der Waals surface area (Å²) in [6, 6.07) is 0.670. The highest BCUT2D eigenvalue weighted by Gasteiger charge is 2.15. The Balaban J connectivity index is 1.59. The molecular formula is C17H34N2. The largest absolute Gasteiger partial charge is 0.313 e. The summed E-state index contributed by atoms with van der Waals surface area (Å²) in [7, 11) is 0. The van der Waals surface area contributed by atoms with Crippen LogP contribution in [-0.2, 0) is 0 Å². The lowest BCUT2D eigenvalue weighted by atomic mass is 9.91. The highest BCUT2D eigenvalue weighted by molar-refractivity contribution is 4.73. The zero-order valence-corrected chi connectivity index (χ0v) is 13.0. The van der Waals surface area contributed by atoms with Crippen molar-refractivity contribution >= 4 is 0 Å². The molecule has 112 valence electrons. The van der Waals surface area contributed by atoms with E-state index >= 15 is 0 Å². The molecule has 2 heteroatoms. The minimum Gasteiger partial charge on any atom is -0.313 e. The van der Waals surface area contributed by atoms with Gasteiger partial charge in [0.05, 0.1) is 0 Å². The number of hydrogen-bond acceptors (Lipinski definition) is 2. The quantitative estimate of drug-likeness (QED) is 0.814. The summed E-state index contributed by atoms with van der Waals surface area (Å²) in [5, 5.41) is 3.81. The molecule has 2 aliphatic rings. The van der Waals surface area contributed by atoms with E-state index in [4.69, 9.17) is 0 Å². The molecule has 0 spiro atoms. The van der Waals surface area contributed by atoms with Gasteiger partial charge >= 0.3 is 0 Å². The first-order valence-electron chi connectivity index (χ1n) is 8.80. The fraction of sp³-hybridized carbons (Fsp3) is 1.00. The Morgan fingerprint density at radius 1 is 0.895 bits per heavy atom. The van der Waals surface area contributed by atoms with Gasteiger partial charge in [0.1, 0.15) is 0 Å². The van der Waals surface area contributed by atoms with Gasteiger partial charge in [0.25, 0.3) is 0 Å². The van der Waals surface area contributed by atoms with Gasteiger partial charge in [-0.05, 0) is 58.2 Å². The second-order valence-corrected chi connectivity index (χ2v) is 6.88. The van der Waals surface area contributed by atoms with Crippen molar-refractivity contribution in [3.8, 4) is 0 Å². The van der Waals surface area contributed by atoms with Gasteiger partial charge in [-0.1, -0.05) is 38.5 Å². The van der Waals surface area contributed by atoms with Crippen molar-refractivity contribution in [3.05, 3.63) is 0 Å². The summed E-state index contributed by atoms with van der Waals surface area (Å²) in [5.41, 5.74) is 0. The first-order valence-corrected chi connectivity index (χ1v) is 8.80. The molecule has 1 aliphatic heterocycles. The standard InChI is InChI=1S/C17H34N2/c1-16(15-19-12-8-5-9-13-19)18-14-17-10-6-3-2-4-7-11-17/h16-18H,2-15H2,1H3. The molecule has 1 heterocycles. The average Bonchev–Trinajstić information content (AvgIpc) is 2.38. The van der Waals surface area contributed by atoms with E-state index in [0.717, 1.165) is 5.92 Å². The molecule has 19 heavy (non-hydrogen) atoms. The van der Waals surface area contributed by atoms with E-state index in [1.807, 2.05) is 0 Å². The normalized spacial score (nSPS) is 25.7. The summed E-state index contributed by atoms with van der Waals surface area (Å²) in [6.45, 7) is 7.55. The molecule has 0 bridgehead atoms. The molecule has 0 aromatic carbocycles. The van der Waals surface area contributed by atoms with Crippen LogP contribution in [0.5, 0.6) is 0 Å². The van der Waals surface area contributed by atoms with Crippen molar-refractivity contribution in [3.63, 3.8) is 0 Å². The Hall–Kier alpha value is -0.0800. The second-order valence-electron chi connectivity index (χ2n) is 6.88. The lowest BCUT2D eigenvalue weighted by molar-refractivity contribution is 0.205. The van der Waals surface area contributed by atoms with E-state index in [2.05, 4.69) is 17.1 Å². The predicted octanol–water partition coefficient (Wildman–Crippen LogP) is 3.81. The van der Waals surface area contributed by atoms with E-state index in [-0.39, 0.29) is 0 Å². The molecule has 1 N–H and O–H groups in total. The maximum absolute atomic E-state index is 3.81. The molecule has 1 saturated heterocycles. The van der Waals surface area contributed by atoms with E-state index < -0.39 is 0 Å². The number of likely N-dealkylation sites (tertiary alicyclic amines) is 1. The van der Waals surface area contributed by atoms with E-state index in [1.54, 1.807) is 0 Å². The van der Waals surface area contributed by atoms with Crippen LogP contribution >= 0.6 is 0 Å². The molecule has 1 unspecified atom stereocenters. The average molecular weight is 266 g/mol. The first kappa shape index (κ1) is 15.3. The molecule has 2 rings (SSSR count). The fourth-order valence-corrected chi connectivity index (χ4v) is 3.71. The third-order valence-electron chi connectivity index (χ3n) is 4.96. The maximum Gasteiger partial charge on any atom is 0.0166 e. The molecule has 0 aromatic rings. The van der Waals surface area contributed by atoms with E-state index in [9.17, 15) is 0 Å². The SMILES string of the molecule is CC(CN1CCCCC1)NCC1CCCCCCC1. The lowest BCUT2D eigenvalue weighted by Crippen LogP contribution is -2.42. The van der Waals surface area contributed by atoms with E-state index in [0.29, 0.717) is 6.04 Å². The smallest absolute Gasteiger partial charge is 0.0166 e. The fourth-order valence-electron chi connectivity index (χ4n) is 3.71. The molecule has 0 radical (unpaired) electrons. The minimum absolute atomic E-state index is 0.670. The number of nitrogens with one attached hydrogen (secondary N) is 1. The molecule has 0 amide bonds. The summed E-state index contributed by atoms with van der Waals surface area (Å²) in [6.07, 6.45) is 14.5. The van der Waals surface area contributed by atoms with Crippen LogP contribution in [-0.4, -0.2) is 37.1 Å². The van der Waals surface area contributed by atoms with Crippen molar-refractivity contribution in [2.75, 3.05) is 26.2 Å². The van der Waals surface area contributed by atoms with E-state index in [1.165, 1.54) is 90.4 Å². The van der Waals surface area contributed by atoms with Crippen LogP contribution in [0.4, 0.5) is 0 Å². The van der Waals surface area contributed by atoms with Gasteiger partial charge in [0.2, 0.25) is 0 Å². The maximum atomic E-state index is 3.81. The molecule has 1 saturated carbocycles. The van der Waals surface area contributed by atoms with Gasteiger partial charge < -0.3 is 10.2 Å². The third-order valence-corrected chi connectivity index (χ3v) is 4.96. The van der Waals surface area contributed by atoms with Crippen molar-refractivity contribution < 1.29 is 0 Å². The van der Waals surface area contributed by atoms with Crippen LogP contribution in [0.2, 0.25) is 0 Å². The summed E-state index contributed by atoms with van der Waals surface area (Å²) >= 11 is 0. The van der Waals surface area contributed by atoms with Crippen molar-refractivity contribution in [1.82, 2.24) is 10.2 Å². The first-order chi connectivity index (χ1) is 9.34. The minimum atomic E-state index is 0.670. The monoisotopic (exact) mass is 266 g/mol. The van der Waals surface area contributed by atoms with Crippen LogP contribution < -0.4 is 5.32 Å². The second kappa shape index (κ2) is 8.97. The van der Waals surface area contributed by atoms with Gasteiger partial charge in [-0.2, -0.15) is 0 Å². The molecule has 1 aliphatic carbocycles. The number of nitrogens with zero attached hydrogens (tertiary/aromatic N) is 1. The Morgan fingerprint density at radius 2 is 1.47 bits per heavy atom. The Kier molecular flexibility index (Phi) is 7.23. The van der Waals surface area contributed by atoms with Crippen LogP contribution in [0.3, 0.4) is 0 Å². The highest BCUT2D eigenvalue weighted by atomic mass is 15.1. The van der Waals surface area contributed by atoms with Gasteiger partial charge in [0.15, 0.2) is 0 Å². The predicted molar refractivity (Wildman–Crippen MR) is 83.6 cm³/mol. The molecule has 2 nitrogen and oxygen atoms in total. The highest BCUT2D eigenvalue weighted by Crippen LogP contribution is 2.21. The third kappa shape index (κ3) is 6.27. The van der Waals surface area contributed by atoms with Gasteiger partial charge in [-0.15, -0.1) is 0 Å². The van der Waals surface area contributed by atoms with Crippen LogP contribution in [0.15, 0.2) is 0 Å². The Bertz CT molecular complexity index is 215. The van der Waals surface area contributed by atoms with Crippen molar-refractivity contribution in [2.24, 2.45) is 5.92 Å². The summed E-state index contributed by atoms with van der Waals surface area (Å²) in [4.78, 5) is 2.65. The number of rotatable bonds is 5. The zero-order chi connectivity index (χ0) is 13.3. The van der Waals surface area contributed by atoms with Gasteiger partial charge in [-0.25, -0.2) is 0 Å². The molecule has 2 fully saturated rings. The van der Waals surface area contributed by atoms with Crippen LogP contribution in [0.1, 0.15) is 71.1 Å². The number of hydrogen-bond donors (Lipinski definition) is 1. The zero-order valence-electron chi connectivity index (χ0n) is 13.0. The molecule has 1 atom stereocenters. The van der Waals surface area contributed by atoms with Crippen LogP contribution in [0, 0.1) is 5.92 Å². The van der Waals surface area contributed by atoms with Crippen molar-refractivity contribution in [2.45, 2.75) is 77.2 Å². The van der Waals surface area contributed by atoms with Gasteiger partial charge in [0, 0.05) is 12.6 Å². The Morgan fingerprint density at radius 3 is 2.16 bits per heavy atom. The number of piperidine rings is 1. The molecule has 0 aromatic heterocycles. The molecular weight excluding hydrogens is 232 g/mol. The van der Waals surface area contributed by atoms with Crippen molar-refractivity contribution in [1.29, 1.82) is 0 Å². The summed E-state index contributed by atoms with van der Waals surface area (Å²) < 4.78 is 0. The van der Waals surface area contributed by atoms with Crippen LogP contribution in [0.25, 0.3) is 0 Å². The lowest BCUT2D eigenvalue weighted by Gasteiger charge is -2.30. The summed E-state index contributed by atoms with van der Waals surface area (Å²) in [5.74, 6) is 0.948. The Labute approximate surface area is 120 Å². The van der Waals surface area contributed by atoms with Gasteiger partial charge in [-0.3, -0.25) is 0 Å².